The summed E-state index contributed by atoms with van der Waals surface area (Å²) in [4.78, 5) is 12.1. The molecule has 124 valence electrons. The van der Waals surface area contributed by atoms with Crippen LogP contribution in [0.15, 0.2) is 18.2 Å². The van der Waals surface area contributed by atoms with Crippen molar-refractivity contribution in [2.45, 2.75) is 39.7 Å². The quantitative estimate of drug-likeness (QED) is 0.736. The van der Waals surface area contributed by atoms with Gasteiger partial charge in [-0.3, -0.25) is 4.79 Å². The molecule has 0 aliphatic rings. The first-order valence-electron chi connectivity index (χ1n) is 7.71. The molecule has 1 aromatic carbocycles. The van der Waals surface area contributed by atoms with Gasteiger partial charge in [0.1, 0.15) is 11.5 Å². The number of carbonyl (C=O) groups excluding carboxylic acids is 1. The van der Waals surface area contributed by atoms with Crippen molar-refractivity contribution in [3.05, 3.63) is 18.2 Å². The number of rotatable bonds is 9. The number of benzene rings is 1. The first kappa shape index (κ1) is 18.3. The summed E-state index contributed by atoms with van der Waals surface area (Å²) in [5.41, 5.74) is 0.626. The highest BCUT2D eigenvalue weighted by atomic mass is 16.5. The molecule has 0 fully saturated rings. The molecule has 0 heterocycles. The van der Waals surface area contributed by atoms with Gasteiger partial charge in [0.25, 0.3) is 0 Å². The summed E-state index contributed by atoms with van der Waals surface area (Å²) in [5.74, 6) is 1.92. The smallest absolute Gasteiger partial charge is 0.226 e. The maximum absolute atomic E-state index is 12.1. The second kappa shape index (κ2) is 9.30. The van der Waals surface area contributed by atoms with Crippen LogP contribution in [0.4, 0.5) is 5.69 Å². The van der Waals surface area contributed by atoms with E-state index in [2.05, 4.69) is 24.5 Å². The Kier molecular flexibility index (Phi) is 7.74. The molecule has 5 heteroatoms. The number of carbonyl (C=O) groups is 1. The van der Waals surface area contributed by atoms with Crippen LogP contribution in [0.5, 0.6) is 11.5 Å². The number of hydrogen-bond donors (Lipinski definition) is 2. The van der Waals surface area contributed by atoms with Crippen molar-refractivity contribution in [3.8, 4) is 11.5 Å². The van der Waals surface area contributed by atoms with Crippen molar-refractivity contribution in [2.75, 3.05) is 26.1 Å². The second-order valence-electron chi connectivity index (χ2n) is 5.86. The number of methoxy groups -OCH3 is 2. The highest BCUT2D eigenvalue weighted by molar-refractivity contribution is 5.92. The van der Waals surface area contributed by atoms with Crippen LogP contribution >= 0.6 is 0 Å². The zero-order valence-corrected chi connectivity index (χ0v) is 14.2. The molecule has 0 aromatic heterocycles. The molecule has 2 N–H and O–H groups in total. The molecular weight excluding hydrogens is 280 g/mol. The molecule has 1 atom stereocenters. The number of amides is 1. The van der Waals surface area contributed by atoms with E-state index < -0.39 is 0 Å². The fraction of sp³-hybridized carbons (Fsp3) is 0.588. The van der Waals surface area contributed by atoms with Gasteiger partial charge >= 0.3 is 0 Å². The summed E-state index contributed by atoms with van der Waals surface area (Å²) in [6.07, 6.45) is 1.52. The average Bonchev–Trinajstić information content (AvgIpc) is 2.46. The van der Waals surface area contributed by atoms with Gasteiger partial charge in [-0.05, 0) is 37.9 Å². The van der Waals surface area contributed by atoms with Gasteiger partial charge in [-0.15, -0.1) is 0 Å². The lowest BCUT2D eigenvalue weighted by atomic mass is 10.1. The van der Waals surface area contributed by atoms with Gasteiger partial charge in [-0.2, -0.15) is 0 Å². The SMILES string of the molecule is COc1ccc(OC)c(NC(=O)CC(C)NCCC(C)C)c1. The lowest BCUT2D eigenvalue weighted by molar-refractivity contribution is -0.116. The molecule has 0 saturated heterocycles. The third-order valence-corrected chi connectivity index (χ3v) is 3.39. The summed E-state index contributed by atoms with van der Waals surface area (Å²) in [6.45, 7) is 7.32. The predicted molar refractivity (Wildman–Crippen MR) is 89.7 cm³/mol. The normalized spacial score (nSPS) is 12.1. The Morgan fingerprint density at radius 1 is 1.18 bits per heavy atom. The van der Waals surface area contributed by atoms with E-state index >= 15 is 0 Å². The first-order valence-corrected chi connectivity index (χ1v) is 7.71. The van der Waals surface area contributed by atoms with E-state index in [1.54, 1.807) is 32.4 Å². The molecule has 1 rings (SSSR count). The molecule has 0 aliphatic carbocycles. The third kappa shape index (κ3) is 6.35. The Morgan fingerprint density at radius 2 is 1.91 bits per heavy atom. The van der Waals surface area contributed by atoms with Crippen molar-refractivity contribution in [3.63, 3.8) is 0 Å². The van der Waals surface area contributed by atoms with Crippen LogP contribution in [-0.2, 0) is 4.79 Å². The van der Waals surface area contributed by atoms with Crippen LogP contribution in [0.1, 0.15) is 33.6 Å². The van der Waals surface area contributed by atoms with Gasteiger partial charge in [0.15, 0.2) is 0 Å². The topological polar surface area (TPSA) is 59.6 Å². The Labute approximate surface area is 133 Å². The summed E-state index contributed by atoms with van der Waals surface area (Å²) < 4.78 is 10.4. The van der Waals surface area contributed by atoms with Gasteiger partial charge in [-0.1, -0.05) is 13.8 Å². The van der Waals surface area contributed by atoms with Crippen LogP contribution in [0.3, 0.4) is 0 Å². The number of nitrogens with one attached hydrogen (secondary N) is 2. The van der Waals surface area contributed by atoms with Crippen molar-refractivity contribution in [1.29, 1.82) is 0 Å². The van der Waals surface area contributed by atoms with E-state index in [4.69, 9.17) is 9.47 Å². The van der Waals surface area contributed by atoms with E-state index in [-0.39, 0.29) is 11.9 Å². The molecular formula is C17H28N2O3. The van der Waals surface area contributed by atoms with Gasteiger partial charge in [0.2, 0.25) is 5.91 Å². The Hall–Kier alpha value is -1.75. The predicted octanol–water partition coefficient (Wildman–Crippen LogP) is 3.06. The zero-order chi connectivity index (χ0) is 16.5. The van der Waals surface area contributed by atoms with E-state index in [1.165, 1.54) is 0 Å². The molecule has 1 aromatic rings. The fourth-order valence-corrected chi connectivity index (χ4v) is 2.08. The maximum atomic E-state index is 12.1. The molecule has 0 radical (unpaired) electrons. The largest absolute Gasteiger partial charge is 0.497 e. The van der Waals surface area contributed by atoms with E-state index in [0.717, 1.165) is 13.0 Å². The summed E-state index contributed by atoms with van der Waals surface area (Å²) in [6, 6.07) is 5.46. The number of hydrogen-bond acceptors (Lipinski definition) is 4. The first-order chi connectivity index (χ1) is 10.5. The highest BCUT2D eigenvalue weighted by Gasteiger charge is 2.12. The fourth-order valence-electron chi connectivity index (χ4n) is 2.08. The van der Waals surface area contributed by atoms with Gasteiger partial charge in [0, 0.05) is 18.5 Å². The van der Waals surface area contributed by atoms with Crippen LogP contribution < -0.4 is 20.1 Å². The number of ether oxygens (including phenoxy) is 2. The Balaban J connectivity index is 2.53. The molecule has 1 unspecified atom stereocenters. The van der Waals surface area contributed by atoms with E-state index in [1.807, 2.05) is 6.92 Å². The van der Waals surface area contributed by atoms with Crippen molar-refractivity contribution >= 4 is 11.6 Å². The molecule has 0 saturated carbocycles. The van der Waals surface area contributed by atoms with E-state index in [9.17, 15) is 4.79 Å². The Bertz CT molecular complexity index is 475. The lowest BCUT2D eigenvalue weighted by Gasteiger charge is -2.16. The molecule has 0 bridgehead atoms. The minimum absolute atomic E-state index is 0.0453. The monoisotopic (exact) mass is 308 g/mol. The van der Waals surface area contributed by atoms with Gasteiger partial charge in [-0.25, -0.2) is 0 Å². The van der Waals surface area contributed by atoms with E-state index in [0.29, 0.717) is 29.5 Å². The summed E-state index contributed by atoms with van der Waals surface area (Å²) in [5, 5.41) is 6.25. The van der Waals surface area contributed by atoms with Crippen LogP contribution in [0.2, 0.25) is 0 Å². The maximum Gasteiger partial charge on any atom is 0.226 e. The minimum Gasteiger partial charge on any atom is -0.497 e. The molecule has 0 aliphatic heterocycles. The molecule has 5 nitrogen and oxygen atoms in total. The van der Waals surface area contributed by atoms with Crippen LogP contribution in [-0.4, -0.2) is 32.7 Å². The third-order valence-electron chi connectivity index (χ3n) is 3.39. The highest BCUT2D eigenvalue weighted by Crippen LogP contribution is 2.28. The van der Waals surface area contributed by atoms with Crippen LogP contribution in [0.25, 0.3) is 0 Å². The van der Waals surface area contributed by atoms with Crippen molar-refractivity contribution in [1.82, 2.24) is 5.32 Å². The molecule has 0 spiro atoms. The van der Waals surface area contributed by atoms with Crippen molar-refractivity contribution in [2.24, 2.45) is 5.92 Å². The molecule has 1 amide bonds. The Morgan fingerprint density at radius 3 is 2.50 bits per heavy atom. The standard InChI is InChI=1S/C17H28N2O3/c1-12(2)8-9-18-13(3)10-17(20)19-15-11-14(21-4)6-7-16(15)22-5/h6-7,11-13,18H,8-10H2,1-5H3,(H,19,20). The summed E-state index contributed by atoms with van der Waals surface area (Å²) in [7, 11) is 3.17. The zero-order valence-electron chi connectivity index (χ0n) is 14.2. The second-order valence-corrected chi connectivity index (χ2v) is 5.86. The molecule has 22 heavy (non-hydrogen) atoms. The average molecular weight is 308 g/mol. The van der Waals surface area contributed by atoms with Gasteiger partial charge in [0.05, 0.1) is 19.9 Å². The van der Waals surface area contributed by atoms with Crippen LogP contribution in [0, 0.1) is 5.92 Å². The van der Waals surface area contributed by atoms with Crippen molar-refractivity contribution < 1.29 is 14.3 Å². The minimum atomic E-state index is -0.0453. The summed E-state index contributed by atoms with van der Waals surface area (Å²) >= 11 is 0. The van der Waals surface area contributed by atoms with Gasteiger partial charge < -0.3 is 20.1 Å². The number of anilines is 1. The lowest BCUT2D eigenvalue weighted by Crippen LogP contribution is -2.31.